The number of amides is 1. The maximum atomic E-state index is 13.5. The summed E-state index contributed by atoms with van der Waals surface area (Å²) in [6, 6.07) is 30.0. The van der Waals surface area contributed by atoms with Gasteiger partial charge in [-0.25, -0.2) is 4.79 Å². The maximum absolute atomic E-state index is 13.5. The van der Waals surface area contributed by atoms with Gasteiger partial charge in [0, 0.05) is 18.7 Å². The molecule has 0 aliphatic carbocycles. The molecule has 1 unspecified atom stereocenters. The summed E-state index contributed by atoms with van der Waals surface area (Å²) < 4.78 is 6.17. The van der Waals surface area contributed by atoms with Crippen LogP contribution >= 0.6 is 0 Å². The highest BCUT2D eigenvalue weighted by Gasteiger charge is 2.25. The highest BCUT2D eigenvalue weighted by Crippen LogP contribution is 2.23. The SMILES string of the molecule is O=C(OC(Cc1ccccc1)C1=CCNCC1)N(Cc1ccccc1)c1ccccc1. The van der Waals surface area contributed by atoms with Gasteiger partial charge in [0.15, 0.2) is 0 Å². The van der Waals surface area contributed by atoms with Gasteiger partial charge in [0.25, 0.3) is 0 Å². The van der Waals surface area contributed by atoms with Crippen LogP contribution in [0.25, 0.3) is 0 Å². The summed E-state index contributed by atoms with van der Waals surface area (Å²) in [7, 11) is 0. The van der Waals surface area contributed by atoms with Crippen LogP contribution in [0.4, 0.5) is 10.5 Å². The fourth-order valence-corrected chi connectivity index (χ4v) is 3.83. The first-order valence-corrected chi connectivity index (χ1v) is 10.8. The lowest BCUT2D eigenvalue weighted by atomic mass is 9.97. The standard InChI is InChI=1S/C27H28N2O2/c30-27(29(25-14-8-3-9-15-25)21-23-12-6-2-7-13-23)31-26(24-16-18-28-19-17-24)20-22-10-4-1-5-11-22/h1-16,26,28H,17-21H2. The summed E-state index contributed by atoms with van der Waals surface area (Å²) in [4.78, 5) is 15.2. The molecule has 0 radical (unpaired) electrons. The molecule has 0 saturated heterocycles. The van der Waals surface area contributed by atoms with Crippen molar-refractivity contribution < 1.29 is 9.53 Å². The molecule has 4 nitrogen and oxygen atoms in total. The second kappa shape index (κ2) is 10.6. The van der Waals surface area contributed by atoms with Gasteiger partial charge in [0.2, 0.25) is 0 Å². The summed E-state index contributed by atoms with van der Waals surface area (Å²) >= 11 is 0. The van der Waals surface area contributed by atoms with Crippen LogP contribution in [0, 0.1) is 0 Å². The number of rotatable bonds is 7. The van der Waals surface area contributed by atoms with E-state index in [0.717, 1.165) is 36.3 Å². The molecule has 158 valence electrons. The third-order valence-corrected chi connectivity index (χ3v) is 5.49. The third kappa shape index (κ3) is 5.83. The highest BCUT2D eigenvalue weighted by atomic mass is 16.6. The van der Waals surface area contributed by atoms with Crippen LogP contribution in [0.3, 0.4) is 0 Å². The van der Waals surface area contributed by atoms with Gasteiger partial charge >= 0.3 is 6.09 Å². The number of nitrogens with zero attached hydrogens (tertiary/aromatic N) is 1. The molecule has 0 spiro atoms. The highest BCUT2D eigenvalue weighted by molar-refractivity contribution is 5.87. The first-order chi connectivity index (χ1) is 15.3. The molecule has 3 aromatic rings. The van der Waals surface area contributed by atoms with Crippen molar-refractivity contribution in [3.63, 3.8) is 0 Å². The molecule has 1 N–H and O–H groups in total. The monoisotopic (exact) mass is 412 g/mol. The van der Waals surface area contributed by atoms with Gasteiger partial charge in [0.05, 0.1) is 6.54 Å². The van der Waals surface area contributed by atoms with Crippen molar-refractivity contribution in [2.24, 2.45) is 0 Å². The molecule has 1 aliphatic rings. The van der Waals surface area contributed by atoms with Gasteiger partial charge in [-0.3, -0.25) is 4.90 Å². The molecule has 3 aromatic carbocycles. The summed E-state index contributed by atoms with van der Waals surface area (Å²) in [5.74, 6) is 0. The summed E-state index contributed by atoms with van der Waals surface area (Å²) in [6.45, 7) is 2.17. The topological polar surface area (TPSA) is 41.6 Å². The van der Waals surface area contributed by atoms with Gasteiger partial charge in [-0.1, -0.05) is 84.9 Å². The molecular formula is C27H28N2O2. The van der Waals surface area contributed by atoms with Gasteiger partial charge in [-0.2, -0.15) is 0 Å². The van der Waals surface area contributed by atoms with Crippen LogP contribution in [0.1, 0.15) is 17.5 Å². The van der Waals surface area contributed by atoms with E-state index >= 15 is 0 Å². The predicted octanol–water partition coefficient (Wildman–Crippen LogP) is 5.36. The molecule has 1 aliphatic heterocycles. The smallest absolute Gasteiger partial charge is 0.415 e. The Morgan fingerprint density at radius 3 is 2.10 bits per heavy atom. The van der Waals surface area contributed by atoms with E-state index < -0.39 is 0 Å². The Kier molecular flexibility index (Phi) is 7.14. The number of carbonyl (C=O) groups excluding carboxylic acids is 1. The average molecular weight is 413 g/mol. The van der Waals surface area contributed by atoms with E-state index in [-0.39, 0.29) is 12.2 Å². The maximum Gasteiger partial charge on any atom is 0.415 e. The van der Waals surface area contributed by atoms with Crippen molar-refractivity contribution in [2.75, 3.05) is 18.0 Å². The minimum Gasteiger partial charge on any atom is -0.441 e. The Hall–Kier alpha value is -3.37. The lowest BCUT2D eigenvalue weighted by Gasteiger charge is -2.28. The number of carbonyl (C=O) groups is 1. The number of anilines is 1. The minimum absolute atomic E-state index is 0.279. The van der Waals surface area contributed by atoms with Gasteiger partial charge in [0.1, 0.15) is 6.10 Å². The number of hydrogen-bond donors (Lipinski definition) is 1. The zero-order valence-electron chi connectivity index (χ0n) is 17.6. The van der Waals surface area contributed by atoms with Crippen LogP contribution in [0.5, 0.6) is 0 Å². The van der Waals surface area contributed by atoms with E-state index in [2.05, 4.69) is 23.5 Å². The second-order valence-corrected chi connectivity index (χ2v) is 7.70. The largest absolute Gasteiger partial charge is 0.441 e. The van der Waals surface area contributed by atoms with Crippen molar-refractivity contribution in [1.29, 1.82) is 0 Å². The summed E-state index contributed by atoms with van der Waals surface area (Å²) in [6.07, 6.45) is 3.12. The lowest BCUT2D eigenvalue weighted by molar-refractivity contribution is 0.118. The minimum atomic E-state index is -0.324. The van der Waals surface area contributed by atoms with Crippen molar-refractivity contribution in [1.82, 2.24) is 5.32 Å². The molecule has 4 rings (SSSR count). The zero-order valence-corrected chi connectivity index (χ0v) is 17.6. The fraction of sp³-hybridized carbons (Fsp3) is 0.222. The van der Waals surface area contributed by atoms with Crippen LogP contribution in [-0.2, 0) is 17.7 Å². The normalized spacial score (nSPS) is 14.4. The van der Waals surface area contributed by atoms with E-state index in [0.29, 0.717) is 13.0 Å². The number of ether oxygens (including phenoxy) is 1. The van der Waals surface area contributed by atoms with Crippen molar-refractivity contribution in [2.45, 2.75) is 25.5 Å². The average Bonchev–Trinajstić information content (AvgIpc) is 2.84. The summed E-state index contributed by atoms with van der Waals surface area (Å²) in [5, 5.41) is 3.34. The quantitative estimate of drug-likeness (QED) is 0.531. The molecule has 0 fully saturated rings. The number of nitrogens with one attached hydrogen (secondary N) is 1. The third-order valence-electron chi connectivity index (χ3n) is 5.49. The van der Waals surface area contributed by atoms with E-state index in [4.69, 9.17) is 4.74 Å². The van der Waals surface area contributed by atoms with Gasteiger partial charge < -0.3 is 10.1 Å². The molecule has 31 heavy (non-hydrogen) atoms. The molecular weight excluding hydrogens is 384 g/mol. The molecule has 0 bridgehead atoms. The predicted molar refractivity (Wildman–Crippen MR) is 125 cm³/mol. The Balaban J connectivity index is 1.58. The van der Waals surface area contributed by atoms with Crippen molar-refractivity contribution in [3.05, 3.63) is 114 Å². The molecule has 1 atom stereocenters. The molecule has 1 heterocycles. The fourth-order valence-electron chi connectivity index (χ4n) is 3.83. The lowest BCUT2D eigenvalue weighted by Crippen LogP contribution is -2.36. The van der Waals surface area contributed by atoms with Crippen LogP contribution in [-0.4, -0.2) is 25.3 Å². The van der Waals surface area contributed by atoms with Crippen molar-refractivity contribution >= 4 is 11.8 Å². The Labute approximate surface area is 184 Å². The van der Waals surface area contributed by atoms with E-state index in [1.807, 2.05) is 78.9 Å². The van der Waals surface area contributed by atoms with E-state index in [1.54, 1.807) is 4.90 Å². The van der Waals surface area contributed by atoms with Crippen LogP contribution < -0.4 is 10.2 Å². The van der Waals surface area contributed by atoms with E-state index in [9.17, 15) is 4.79 Å². The second-order valence-electron chi connectivity index (χ2n) is 7.70. The first kappa shape index (κ1) is 20.9. The van der Waals surface area contributed by atoms with Crippen molar-refractivity contribution in [3.8, 4) is 0 Å². The number of hydrogen-bond acceptors (Lipinski definition) is 3. The van der Waals surface area contributed by atoms with E-state index in [1.165, 1.54) is 5.57 Å². The number of benzene rings is 3. The molecule has 1 amide bonds. The Morgan fingerprint density at radius 2 is 1.48 bits per heavy atom. The first-order valence-electron chi connectivity index (χ1n) is 10.8. The Morgan fingerprint density at radius 1 is 0.871 bits per heavy atom. The molecule has 0 aromatic heterocycles. The zero-order chi connectivity index (χ0) is 21.3. The van der Waals surface area contributed by atoms with Gasteiger partial charge in [-0.05, 0) is 41.8 Å². The molecule has 0 saturated carbocycles. The van der Waals surface area contributed by atoms with Crippen LogP contribution in [0.2, 0.25) is 0 Å². The van der Waals surface area contributed by atoms with Crippen LogP contribution in [0.15, 0.2) is 103 Å². The molecule has 4 heteroatoms. The number of para-hydroxylation sites is 1. The summed E-state index contributed by atoms with van der Waals surface area (Å²) in [5.41, 5.74) is 4.23. The van der Waals surface area contributed by atoms with Gasteiger partial charge in [-0.15, -0.1) is 0 Å². The Bertz CT molecular complexity index is 988.